The Hall–Kier alpha value is -3.78. The van der Waals surface area contributed by atoms with Crippen LogP contribution in [0.25, 0.3) is 11.1 Å². The second kappa shape index (κ2) is 9.82. The van der Waals surface area contributed by atoms with Crippen LogP contribution in [0.5, 0.6) is 11.5 Å². The van der Waals surface area contributed by atoms with Gasteiger partial charge in [-0.2, -0.15) is 0 Å². The zero-order valence-corrected chi connectivity index (χ0v) is 17.7. The van der Waals surface area contributed by atoms with Crippen molar-refractivity contribution in [3.05, 3.63) is 131 Å². The molecule has 0 spiro atoms. The molecule has 0 aliphatic rings. The van der Waals surface area contributed by atoms with Gasteiger partial charge in [0.25, 0.3) is 0 Å². The van der Waals surface area contributed by atoms with Gasteiger partial charge in [0.1, 0.15) is 18.1 Å². The number of ether oxygens (including phenoxy) is 1. The Morgan fingerprint density at radius 1 is 0.645 bits per heavy atom. The van der Waals surface area contributed by atoms with E-state index in [0.29, 0.717) is 6.61 Å². The summed E-state index contributed by atoms with van der Waals surface area (Å²) in [5.74, 6) is 1.11. The van der Waals surface area contributed by atoms with Crippen LogP contribution in [0.3, 0.4) is 0 Å². The topological polar surface area (TPSA) is 29.5 Å². The van der Waals surface area contributed by atoms with Crippen LogP contribution in [0.2, 0.25) is 0 Å². The summed E-state index contributed by atoms with van der Waals surface area (Å²) in [6, 6.07) is 36.4. The first-order chi connectivity index (χ1) is 15.2. The Kier molecular flexibility index (Phi) is 6.49. The lowest BCUT2D eigenvalue weighted by Crippen LogP contribution is -1.97. The molecule has 0 heterocycles. The molecule has 4 aromatic carbocycles. The standard InChI is InChI=1S/C29H26O2/c1-2-28(23-11-7-4-8-12-23)29(24-13-17-26(30)18-14-24)25-15-19-27(20-16-25)31-21-22-9-5-3-6-10-22/h3-20,30H,2,21H2,1H3/b29-28-. The highest BCUT2D eigenvalue weighted by molar-refractivity contribution is 5.98. The number of benzene rings is 4. The molecule has 0 saturated heterocycles. The minimum absolute atomic E-state index is 0.269. The van der Waals surface area contributed by atoms with Gasteiger partial charge in [0.2, 0.25) is 0 Å². The molecule has 0 fully saturated rings. The molecular formula is C29H26O2. The molecule has 2 nitrogen and oxygen atoms in total. The normalized spacial score (nSPS) is 11.6. The molecule has 4 rings (SSSR count). The third-order valence-corrected chi connectivity index (χ3v) is 5.32. The number of aromatic hydroxyl groups is 1. The molecule has 0 aliphatic heterocycles. The van der Waals surface area contributed by atoms with E-state index in [-0.39, 0.29) is 5.75 Å². The summed E-state index contributed by atoms with van der Waals surface area (Å²) < 4.78 is 5.97. The molecule has 0 aliphatic carbocycles. The van der Waals surface area contributed by atoms with Crippen molar-refractivity contribution in [1.29, 1.82) is 0 Å². The highest BCUT2D eigenvalue weighted by Gasteiger charge is 2.13. The number of phenols is 1. The molecule has 1 N–H and O–H groups in total. The molecule has 0 atom stereocenters. The predicted octanol–water partition coefficient (Wildman–Crippen LogP) is 7.34. The van der Waals surface area contributed by atoms with Gasteiger partial charge in [-0.3, -0.25) is 0 Å². The van der Waals surface area contributed by atoms with E-state index in [2.05, 4.69) is 55.5 Å². The molecule has 0 unspecified atom stereocenters. The van der Waals surface area contributed by atoms with E-state index < -0.39 is 0 Å². The van der Waals surface area contributed by atoms with Crippen LogP contribution in [0.1, 0.15) is 35.6 Å². The van der Waals surface area contributed by atoms with Gasteiger partial charge >= 0.3 is 0 Å². The Labute approximate surface area is 184 Å². The maximum Gasteiger partial charge on any atom is 0.119 e. The summed E-state index contributed by atoms with van der Waals surface area (Å²) in [4.78, 5) is 0. The van der Waals surface area contributed by atoms with Gasteiger partial charge in [0, 0.05) is 0 Å². The van der Waals surface area contributed by atoms with Gasteiger partial charge < -0.3 is 9.84 Å². The summed E-state index contributed by atoms with van der Waals surface area (Å²) >= 11 is 0. The molecule has 0 radical (unpaired) electrons. The minimum atomic E-state index is 0.269. The second-order valence-electron chi connectivity index (χ2n) is 7.42. The highest BCUT2D eigenvalue weighted by atomic mass is 16.5. The van der Waals surface area contributed by atoms with Crippen LogP contribution in [0.4, 0.5) is 0 Å². The summed E-state index contributed by atoms with van der Waals surface area (Å²) in [6.07, 6.45) is 0.895. The monoisotopic (exact) mass is 406 g/mol. The van der Waals surface area contributed by atoms with Crippen molar-refractivity contribution in [2.45, 2.75) is 20.0 Å². The summed E-state index contributed by atoms with van der Waals surface area (Å²) in [6.45, 7) is 2.73. The van der Waals surface area contributed by atoms with Gasteiger partial charge in [0.15, 0.2) is 0 Å². The van der Waals surface area contributed by atoms with Crippen molar-refractivity contribution in [1.82, 2.24) is 0 Å². The molecule has 0 bridgehead atoms. The number of allylic oxidation sites excluding steroid dienone is 1. The molecule has 31 heavy (non-hydrogen) atoms. The Morgan fingerprint density at radius 2 is 1.19 bits per heavy atom. The summed E-state index contributed by atoms with van der Waals surface area (Å²) in [7, 11) is 0. The van der Waals surface area contributed by atoms with Gasteiger partial charge in [-0.25, -0.2) is 0 Å². The summed E-state index contributed by atoms with van der Waals surface area (Å²) in [5, 5.41) is 9.78. The van der Waals surface area contributed by atoms with Crippen LogP contribution in [0.15, 0.2) is 109 Å². The van der Waals surface area contributed by atoms with Crippen LogP contribution in [-0.4, -0.2) is 5.11 Å². The van der Waals surface area contributed by atoms with E-state index >= 15 is 0 Å². The van der Waals surface area contributed by atoms with E-state index in [1.54, 1.807) is 12.1 Å². The largest absolute Gasteiger partial charge is 0.508 e. The smallest absolute Gasteiger partial charge is 0.119 e. The van der Waals surface area contributed by atoms with Crippen molar-refractivity contribution < 1.29 is 9.84 Å². The molecule has 0 amide bonds. The fourth-order valence-electron chi connectivity index (χ4n) is 3.77. The third kappa shape index (κ3) is 5.04. The lowest BCUT2D eigenvalue weighted by Gasteiger charge is -2.17. The maximum atomic E-state index is 9.78. The summed E-state index contributed by atoms with van der Waals surface area (Å²) in [5.41, 5.74) is 6.99. The first-order valence-electron chi connectivity index (χ1n) is 10.6. The van der Waals surface area contributed by atoms with Crippen molar-refractivity contribution >= 4 is 11.1 Å². The fourth-order valence-corrected chi connectivity index (χ4v) is 3.77. The van der Waals surface area contributed by atoms with Crippen LogP contribution >= 0.6 is 0 Å². The quantitative estimate of drug-likeness (QED) is 0.325. The minimum Gasteiger partial charge on any atom is -0.508 e. The van der Waals surface area contributed by atoms with Gasteiger partial charge in [-0.15, -0.1) is 0 Å². The van der Waals surface area contributed by atoms with Crippen molar-refractivity contribution in [2.75, 3.05) is 0 Å². The predicted molar refractivity (Wildman–Crippen MR) is 128 cm³/mol. The Balaban J connectivity index is 1.70. The maximum absolute atomic E-state index is 9.78. The zero-order valence-electron chi connectivity index (χ0n) is 17.7. The van der Waals surface area contributed by atoms with E-state index in [1.165, 1.54) is 16.7 Å². The van der Waals surface area contributed by atoms with Crippen LogP contribution in [-0.2, 0) is 6.61 Å². The first-order valence-corrected chi connectivity index (χ1v) is 10.6. The first kappa shape index (κ1) is 20.5. The van der Waals surface area contributed by atoms with Gasteiger partial charge in [0.05, 0.1) is 0 Å². The molecular weight excluding hydrogens is 380 g/mol. The molecule has 4 aromatic rings. The lowest BCUT2D eigenvalue weighted by atomic mass is 9.88. The number of phenolic OH excluding ortho intramolecular Hbond substituents is 1. The number of hydrogen-bond donors (Lipinski definition) is 1. The molecule has 154 valence electrons. The molecule has 0 aromatic heterocycles. The number of rotatable bonds is 7. The number of hydrogen-bond acceptors (Lipinski definition) is 2. The van der Waals surface area contributed by atoms with E-state index in [4.69, 9.17) is 4.74 Å². The lowest BCUT2D eigenvalue weighted by molar-refractivity contribution is 0.306. The second-order valence-corrected chi connectivity index (χ2v) is 7.42. The molecule has 0 saturated carbocycles. The van der Waals surface area contributed by atoms with E-state index in [0.717, 1.165) is 28.9 Å². The highest BCUT2D eigenvalue weighted by Crippen LogP contribution is 2.35. The Morgan fingerprint density at radius 3 is 1.77 bits per heavy atom. The van der Waals surface area contributed by atoms with E-state index in [9.17, 15) is 5.11 Å². The van der Waals surface area contributed by atoms with Gasteiger partial charge in [-0.1, -0.05) is 91.9 Å². The Bertz CT molecular complexity index is 1130. The fraction of sp³-hybridized carbons (Fsp3) is 0.103. The SMILES string of the molecule is CC/C(=C(\c1ccc(O)cc1)c1ccc(OCc2ccccc2)cc1)c1ccccc1. The van der Waals surface area contributed by atoms with Crippen molar-refractivity contribution in [2.24, 2.45) is 0 Å². The van der Waals surface area contributed by atoms with Crippen LogP contribution in [0, 0.1) is 0 Å². The average Bonchev–Trinajstić information content (AvgIpc) is 2.84. The molecule has 2 heteroatoms. The van der Waals surface area contributed by atoms with E-state index in [1.807, 2.05) is 48.5 Å². The zero-order chi connectivity index (χ0) is 21.5. The average molecular weight is 407 g/mol. The van der Waals surface area contributed by atoms with Crippen molar-refractivity contribution in [3.63, 3.8) is 0 Å². The van der Waals surface area contributed by atoms with Crippen LogP contribution < -0.4 is 4.74 Å². The van der Waals surface area contributed by atoms with Gasteiger partial charge in [-0.05, 0) is 64.1 Å². The third-order valence-electron chi connectivity index (χ3n) is 5.32. The van der Waals surface area contributed by atoms with Crippen molar-refractivity contribution in [3.8, 4) is 11.5 Å².